The number of nitrogens with one attached hydrogen (secondary N) is 2. The summed E-state index contributed by atoms with van der Waals surface area (Å²) >= 11 is 3.69. The van der Waals surface area contributed by atoms with Crippen LogP contribution in [0.2, 0.25) is 0 Å². The van der Waals surface area contributed by atoms with Gasteiger partial charge in [-0.3, -0.25) is 0 Å². The van der Waals surface area contributed by atoms with Crippen molar-refractivity contribution >= 4 is 15.9 Å². The maximum atomic E-state index is 3.96. The van der Waals surface area contributed by atoms with Crippen LogP contribution in [0.5, 0.6) is 0 Å². The van der Waals surface area contributed by atoms with Gasteiger partial charge in [0.1, 0.15) is 0 Å². The average molecular weight is 379 g/mol. The molecule has 3 aliphatic carbocycles. The Balaban J connectivity index is 1.55. The van der Waals surface area contributed by atoms with E-state index in [-0.39, 0.29) is 0 Å². The molecule has 0 heterocycles. The van der Waals surface area contributed by atoms with Gasteiger partial charge in [-0.2, -0.15) is 0 Å². The summed E-state index contributed by atoms with van der Waals surface area (Å²) in [5.41, 5.74) is 0. The molecule has 128 valence electrons. The van der Waals surface area contributed by atoms with Gasteiger partial charge < -0.3 is 10.6 Å². The highest BCUT2D eigenvalue weighted by molar-refractivity contribution is 9.09. The van der Waals surface area contributed by atoms with Crippen molar-refractivity contribution in [2.24, 2.45) is 5.92 Å². The monoisotopic (exact) mass is 378 g/mol. The van der Waals surface area contributed by atoms with Gasteiger partial charge >= 0.3 is 0 Å². The van der Waals surface area contributed by atoms with Crippen molar-refractivity contribution in [1.82, 2.24) is 10.6 Å². The molecule has 2 N–H and O–H groups in total. The van der Waals surface area contributed by atoms with E-state index in [0.29, 0.717) is 29.0 Å². The Labute approximate surface area is 150 Å². The van der Waals surface area contributed by atoms with Crippen LogP contribution in [0.4, 0.5) is 0 Å². The highest BCUT2D eigenvalue weighted by Crippen LogP contribution is 2.24. The molecule has 0 saturated carbocycles. The standard InChI is InChI=1S/C20H31BrN2/c1-15(16-7-3-2-4-8-16)22-19-9-5-6-10-20(19)23-18-13-11-17(21)12-14-18/h2-3,5-6,11,13,15-20,22-23H,4,7-10,12,14H2,1H3. The minimum Gasteiger partial charge on any atom is -0.309 e. The molecule has 0 aromatic rings. The first kappa shape index (κ1) is 17.4. The molecule has 6 atom stereocenters. The van der Waals surface area contributed by atoms with Crippen LogP contribution in [0.15, 0.2) is 36.5 Å². The van der Waals surface area contributed by atoms with E-state index in [0.717, 1.165) is 18.8 Å². The Morgan fingerprint density at radius 3 is 2.39 bits per heavy atom. The predicted molar refractivity (Wildman–Crippen MR) is 103 cm³/mol. The molecule has 3 rings (SSSR count). The molecule has 0 radical (unpaired) electrons. The lowest BCUT2D eigenvalue weighted by Gasteiger charge is -2.37. The van der Waals surface area contributed by atoms with Crippen LogP contribution in [0, 0.1) is 5.92 Å². The van der Waals surface area contributed by atoms with Gasteiger partial charge in [-0.25, -0.2) is 0 Å². The normalized spacial score (nSPS) is 38.6. The molecular formula is C20H31BrN2. The fourth-order valence-corrected chi connectivity index (χ4v) is 4.57. The second kappa shape index (κ2) is 8.64. The first-order valence-electron chi connectivity index (χ1n) is 9.37. The number of hydrogen-bond acceptors (Lipinski definition) is 2. The molecule has 23 heavy (non-hydrogen) atoms. The molecule has 2 nitrogen and oxygen atoms in total. The first-order chi connectivity index (χ1) is 11.2. The lowest BCUT2D eigenvalue weighted by molar-refractivity contribution is 0.265. The summed E-state index contributed by atoms with van der Waals surface area (Å²) in [4.78, 5) is 0.570. The summed E-state index contributed by atoms with van der Waals surface area (Å²) < 4.78 is 0. The van der Waals surface area contributed by atoms with E-state index in [2.05, 4.69) is 69.9 Å². The molecule has 0 bridgehead atoms. The van der Waals surface area contributed by atoms with Gasteiger partial charge in [0.05, 0.1) is 0 Å². The lowest BCUT2D eigenvalue weighted by atomic mass is 9.86. The number of halogens is 1. The van der Waals surface area contributed by atoms with Crippen LogP contribution < -0.4 is 10.6 Å². The molecular weight excluding hydrogens is 348 g/mol. The Kier molecular flexibility index (Phi) is 6.55. The van der Waals surface area contributed by atoms with Gasteiger partial charge in [0.25, 0.3) is 0 Å². The molecule has 0 fully saturated rings. The van der Waals surface area contributed by atoms with Gasteiger partial charge in [0, 0.05) is 29.0 Å². The fraction of sp³-hybridized carbons (Fsp3) is 0.700. The predicted octanol–water partition coefficient (Wildman–Crippen LogP) is 4.48. The third-order valence-electron chi connectivity index (χ3n) is 5.66. The molecule has 3 aliphatic rings. The zero-order valence-corrected chi connectivity index (χ0v) is 15.8. The van der Waals surface area contributed by atoms with Crippen molar-refractivity contribution in [3.05, 3.63) is 36.5 Å². The molecule has 0 saturated heterocycles. The number of rotatable bonds is 5. The van der Waals surface area contributed by atoms with Gasteiger partial charge in [-0.05, 0) is 57.8 Å². The van der Waals surface area contributed by atoms with E-state index in [1.165, 1.54) is 32.1 Å². The first-order valence-corrected chi connectivity index (χ1v) is 10.3. The van der Waals surface area contributed by atoms with E-state index in [1.54, 1.807) is 0 Å². The zero-order chi connectivity index (χ0) is 16.1. The summed E-state index contributed by atoms with van der Waals surface area (Å²) in [5.74, 6) is 0.801. The second-order valence-electron chi connectivity index (χ2n) is 7.41. The minimum absolute atomic E-state index is 0.539. The molecule has 3 heteroatoms. The largest absolute Gasteiger partial charge is 0.309 e. The number of hydrogen-bond donors (Lipinski definition) is 2. The van der Waals surface area contributed by atoms with Crippen LogP contribution in [0.3, 0.4) is 0 Å². The van der Waals surface area contributed by atoms with Crippen molar-refractivity contribution < 1.29 is 0 Å². The zero-order valence-electron chi connectivity index (χ0n) is 14.3. The molecule has 0 aromatic carbocycles. The van der Waals surface area contributed by atoms with Crippen molar-refractivity contribution in [1.29, 1.82) is 0 Å². The van der Waals surface area contributed by atoms with Gasteiger partial charge in [0.2, 0.25) is 0 Å². The van der Waals surface area contributed by atoms with Crippen LogP contribution >= 0.6 is 15.9 Å². The highest BCUT2D eigenvalue weighted by Gasteiger charge is 2.28. The summed E-state index contributed by atoms with van der Waals surface area (Å²) in [5, 5.41) is 7.86. The topological polar surface area (TPSA) is 24.1 Å². The average Bonchev–Trinajstić information content (AvgIpc) is 2.59. The quantitative estimate of drug-likeness (QED) is 0.544. The van der Waals surface area contributed by atoms with Crippen LogP contribution in [-0.2, 0) is 0 Å². The lowest BCUT2D eigenvalue weighted by Crippen LogP contribution is -2.55. The van der Waals surface area contributed by atoms with Crippen molar-refractivity contribution in [2.75, 3.05) is 0 Å². The Hall–Kier alpha value is -0.380. The number of alkyl halides is 1. The van der Waals surface area contributed by atoms with Crippen LogP contribution in [0.1, 0.15) is 51.9 Å². The highest BCUT2D eigenvalue weighted by atomic mass is 79.9. The van der Waals surface area contributed by atoms with E-state index in [1.807, 2.05) is 0 Å². The maximum absolute atomic E-state index is 3.96. The smallest absolute Gasteiger partial charge is 0.0326 e. The van der Waals surface area contributed by atoms with E-state index < -0.39 is 0 Å². The molecule has 0 aliphatic heterocycles. The van der Waals surface area contributed by atoms with Crippen molar-refractivity contribution in [3.63, 3.8) is 0 Å². The van der Waals surface area contributed by atoms with Crippen molar-refractivity contribution in [3.8, 4) is 0 Å². The van der Waals surface area contributed by atoms with Gasteiger partial charge in [-0.15, -0.1) is 0 Å². The number of allylic oxidation sites excluding steroid dienone is 3. The Bertz CT molecular complexity index is 457. The summed E-state index contributed by atoms with van der Waals surface area (Å²) in [6, 6.07) is 2.27. The molecule has 6 unspecified atom stereocenters. The van der Waals surface area contributed by atoms with Crippen molar-refractivity contribution in [2.45, 2.75) is 80.9 Å². The van der Waals surface area contributed by atoms with Crippen LogP contribution in [0.25, 0.3) is 0 Å². The van der Waals surface area contributed by atoms with E-state index in [4.69, 9.17) is 0 Å². The molecule has 0 aromatic heterocycles. The summed E-state index contributed by atoms with van der Waals surface area (Å²) in [6.45, 7) is 2.38. The van der Waals surface area contributed by atoms with E-state index >= 15 is 0 Å². The van der Waals surface area contributed by atoms with Crippen LogP contribution in [-0.4, -0.2) is 29.0 Å². The molecule has 0 spiro atoms. The minimum atomic E-state index is 0.539. The summed E-state index contributed by atoms with van der Waals surface area (Å²) in [6.07, 6.45) is 22.7. The fourth-order valence-electron chi connectivity index (χ4n) is 4.13. The third kappa shape index (κ3) is 5.04. The third-order valence-corrected chi connectivity index (χ3v) is 6.42. The Morgan fingerprint density at radius 1 is 0.913 bits per heavy atom. The molecule has 0 amide bonds. The second-order valence-corrected chi connectivity index (χ2v) is 8.58. The SMILES string of the molecule is CC(NC1CC=CCC1NC1C=CC(Br)CC1)C1CC=CCC1. The summed E-state index contributed by atoms with van der Waals surface area (Å²) in [7, 11) is 0. The maximum Gasteiger partial charge on any atom is 0.0326 e. The van der Waals surface area contributed by atoms with Gasteiger partial charge in [-0.1, -0.05) is 52.4 Å². The van der Waals surface area contributed by atoms with E-state index in [9.17, 15) is 0 Å². The van der Waals surface area contributed by atoms with Gasteiger partial charge in [0.15, 0.2) is 0 Å². The Morgan fingerprint density at radius 2 is 1.70 bits per heavy atom.